The average molecular weight is 178 g/mol. The first kappa shape index (κ1) is 7.42. The van der Waals surface area contributed by atoms with Crippen LogP contribution < -0.4 is 5.32 Å². The van der Waals surface area contributed by atoms with Crippen molar-refractivity contribution >= 4 is 34.2 Å². The third-order valence-electron chi connectivity index (χ3n) is 0.860. The molecule has 0 saturated carbocycles. The number of nitro groups is 1. The first-order chi connectivity index (χ1) is 4.61. The number of carbonyl (C=O) groups is 1. The maximum absolute atomic E-state index is 10.6. The van der Waals surface area contributed by atoms with Crippen molar-refractivity contribution in [2.75, 3.05) is 0 Å². The van der Waals surface area contributed by atoms with E-state index in [4.69, 9.17) is 0 Å². The minimum absolute atomic E-state index is 0.173. The number of hydrogen-bond donors (Lipinski definition) is 1. The standard InChI is InChI=1S/C3H2N2O3S2/c6-1-2(5(7)8)10-3(9)4-1/h2H,(H,4,6,9). The molecule has 10 heavy (non-hydrogen) atoms. The van der Waals surface area contributed by atoms with Crippen LogP contribution in [0.3, 0.4) is 0 Å². The number of amides is 1. The highest BCUT2D eigenvalue weighted by molar-refractivity contribution is 8.24. The summed E-state index contributed by atoms with van der Waals surface area (Å²) in [5, 5.41) is 10.9. The molecular formula is C3H2N2O3S2. The molecule has 1 aliphatic rings. The molecule has 1 unspecified atom stereocenters. The molecule has 1 rings (SSSR count). The fourth-order valence-electron chi connectivity index (χ4n) is 0.485. The minimum Gasteiger partial charge on any atom is -0.305 e. The van der Waals surface area contributed by atoms with Crippen LogP contribution in [-0.2, 0) is 4.79 Å². The quantitative estimate of drug-likeness (QED) is 0.340. The lowest BCUT2D eigenvalue weighted by Gasteiger charge is -1.91. The fourth-order valence-corrected chi connectivity index (χ4v) is 1.47. The smallest absolute Gasteiger partial charge is 0.305 e. The van der Waals surface area contributed by atoms with Gasteiger partial charge in [0.2, 0.25) is 0 Å². The van der Waals surface area contributed by atoms with E-state index < -0.39 is 16.2 Å². The van der Waals surface area contributed by atoms with Gasteiger partial charge >= 0.3 is 11.3 Å². The third-order valence-corrected chi connectivity index (χ3v) is 2.18. The van der Waals surface area contributed by atoms with Gasteiger partial charge in [-0.05, 0) is 11.8 Å². The molecule has 0 radical (unpaired) electrons. The molecule has 0 bridgehead atoms. The summed E-state index contributed by atoms with van der Waals surface area (Å²) in [6.45, 7) is 0. The summed E-state index contributed by atoms with van der Waals surface area (Å²) in [4.78, 5) is 19.9. The van der Waals surface area contributed by atoms with E-state index in [1.54, 1.807) is 0 Å². The topological polar surface area (TPSA) is 72.2 Å². The Bertz CT molecular complexity index is 216. The maximum atomic E-state index is 10.6. The molecule has 1 amide bonds. The highest BCUT2D eigenvalue weighted by Gasteiger charge is 2.38. The summed E-state index contributed by atoms with van der Waals surface area (Å²) in [5.41, 5.74) is 0. The second-order valence-corrected chi connectivity index (χ2v) is 3.29. The van der Waals surface area contributed by atoms with Crippen molar-refractivity contribution in [1.82, 2.24) is 5.32 Å². The van der Waals surface area contributed by atoms with Gasteiger partial charge in [-0.15, -0.1) is 0 Å². The number of nitrogens with zero attached hydrogens (tertiary/aromatic N) is 1. The van der Waals surface area contributed by atoms with Crippen LogP contribution in [0.1, 0.15) is 0 Å². The first-order valence-corrected chi connectivity index (χ1v) is 3.55. The molecule has 7 heteroatoms. The van der Waals surface area contributed by atoms with E-state index in [-0.39, 0.29) is 4.32 Å². The second-order valence-electron chi connectivity index (χ2n) is 1.53. The number of carbonyl (C=O) groups excluding carboxylic acids is 1. The zero-order valence-corrected chi connectivity index (χ0v) is 6.20. The molecule has 1 fully saturated rings. The van der Waals surface area contributed by atoms with E-state index >= 15 is 0 Å². The molecule has 1 N–H and O–H groups in total. The Morgan fingerprint density at radius 3 is 2.60 bits per heavy atom. The maximum Gasteiger partial charge on any atom is 0.342 e. The van der Waals surface area contributed by atoms with Crippen LogP contribution in [0.15, 0.2) is 0 Å². The summed E-state index contributed by atoms with van der Waals surface area (Å²) in [6.07, 6.45) is 0. The molecule has 0 aromatic rings. The summed E-state index contributed by atoms with van der Waals surface area (Å²) < 4.78 is 0.173. The van der Waals surface area contributed by atoms with Gasteiger partial charge in [0.15, 0.2) is 0 Å². The number of rotatable bonds is 1. The van der Waals surface area contributed by atoms with E-state index in [0.29, 0.717) is 0 Å². The van der Waals surface area contributed by atoms with Crippen molar-refractivity contribution in [1.29, 1.82) is 0 Å². The Morgan fingerprint density at radius 2 is 2.40 bits per heavy atom. The van der Waals surface area contributed by atoms with Gasteiger partial charge in [0, 0.05) is 4.92 Å². The normalized spacial score (nSPS) is 24.6. The van der Waals surface area contributed by atoms with Crippen LogP contribution in [0.4, 0.5) is 0 Å². The lowest BCUT2D eigenvalue weighted by molar-refractivity contribution is -0.481. The Morgan fingerprint density at radius 1 is 1.80 bits per heavy atom. The third kappa shape index (κ3) is 1.24. The molecule has 1 aliphatic heterocycles. The van der Waals surface area contributed by atoms with E-state index in [0.717, 1.165) is 11.8 Å². The molecule has 1 heterocycles. The van der Waals surface area contributed by atoms with Gasteiger partial charge in [-0.1, -0.05) is 12.2 Å². The van der Waals surface area contributed by atoms with E-state index in [9.17, 15) is 14.9 Å². The predicted molar refractivity (Wildman–Crippen MR) is 39.1 cm³/mol. The Kier molecular flexibility index (Phi) is 1.86. The summed E-state index contributed by atoms with van der Waals surface area (Å²) in [5.74, 6) is -0.639. The molecule has 1 atom stereocenters. The van der Waals surface area contributed by atoms with Crippen LogP contribution in [0, 0.1) is 10.1 Å². The number of thioether (sulfide) groups is 1. The monoisotopic (exact) mass is 178 g/mol. The minimum atomic E-state index is -1.24. The zero-order chi connectivity index (χ0) is 7.72. The van der Waals surface area contributed by atoms with Crippen molar-refractivity contribution in [3.05, 3.63) is 10.1 Å². The lowest BCUT2D eigenvalue weighted by atomic mass is 10.6. The average Bonchev–Trinajstić information content (AvgIpc) is 2.10. The van der Waals surface area contributed by atoms with Gasteiger partial charge in [-0.25, -0.2) is 0 Å². The first-order valence-electron chi connectivity index (χ1n) is 2.26. The van der Waals surface area contributed by atoms with Crippen LogP contribution in [0.2, 0.25) is 0 Å². The van der Waals surface area contributed by atoms with E-state index in [1.165, 1.54) is 0 Å². The number of nitrogens with one attached hydrogen (secondary N) is 1. The number of hydrogen-bond acceptors (Lipinski definition) is 5. The number of thiocarbonyl (C=S) groups is 1. The van der Waals surface area contributed by atoms with Crippen molar-refractivity contribution < 1.29 is 9.72 Å². The molecule has 0 aromatic heterocycles. The van der Waals surface area contributed by atoms with E-state index in [1.807, 2.05) is 0 Å². The molecular weight excluding hydrogens is 176 g/mol. The van der Waals surface area contributed by atoms with Crippen molar-refractivity contribution in [2.24, 2.45) is 0 Å². The SMILES string of the molecule is O=C1NC(=S)SC1[N+](=O)[O-]. The largest absolute Gasteiger partial charge is 0.342 e. The van der Waals surface area contributed by atoms with Gasteiger partial charge in [0.25, 0.3) is 0 Å². The van der Waals surface area contributed by atoms with Gasteiger partial charge < -0.3 is 5.32 Å². The van der Waals surface area contributed by atoms with E-state index in [2.05, 4.69) is 17.5 Å². The summed E-state index contributed by atoms with van der Waals surface area (Å²) in [7, 11) is 0. The summed E-state index contributed by atoms with van der Waals surface area (Å²) in [6, 6.07) is 0. The van der Waals surface area contributed by atoms with Gasteiger partial charge in [0.1, 0.15) is 4.32 Å². The summed E-state index contributed by atoms with van der Waals surface area (Å²) >= 11 is 5.27. The molecule has 1 saturated heterocycles. The molecule has 0 spiro atoms. The molecule has 0 aliphatic carbocycles. The zero-order valence-electron chi connectivity index (χ0n) is 4.57. The van der Waals surface area contributed by atoms with Gasteiger partial charge in [-0.2, -0.15) is 0 Å². The molecule has 5 nitrogen and oxygen atoms in total. The van der Waals surface area contributed by atoms with Crippen molar-refractivity contribution in [3.8, 4) is 0 Å². The highest BCUT2D eigenvalue weighted by atomic mass is 32.2. The Hall–Kier alpha value is -0.690. The van der Waals surface area contributed by atoms with Gasteiger partial charge in [0.05, 0.1) is 0 Å². The van der Waals surface area contributed by atoms with Crippen molar-refractivity contribution in [3.63, 3.8) is 0 Å². The molecule has 0 aromatic carbocycles. The van der Waals surface area contributed by atoms with Crippen LogP contribution >= 0.6 is 24.0 Å². The van der Waals surface area contributed by atoms with Crippen molar-refractivity contribution in [2.45, 2.75) is 5.37 Å². The van der Waals surface area contributed by atoms with Gasteiger partial charge in [-0.3, -0.25) is 14.9 Å². The van der Waals surface area contributed by atoms with Crippen LogP contribution in [-0.4, -0.2) is 20.5 Å². The Balaban J connectivity index is 2.72. The Labute approximate surface area is 65.3 Å². The highest BCUT2D eigenvalue weighted by Crippen LogP contribution is 2.18. The fraction of sp³-hybridized carbons (Fsp3) is 0.333. The lowest BCUT2D eigenvalue weighted by Crippen LogP contribution is -2.28. The second kappa shape index (κ2) is 2.51. The van der Waals surface area contributed by atoms with Crippen LogP contribution in [0.5, 0.6) is 0 Å². The van der Waals surface area contributed by atoms with Crippen LogP contribution in [0.25, 0.3) is 0 Å². The predicted octanol–water partition coefficient (Wildman–Crippen LogP) is -0.263. The molecule has 54 valence electrons.